The zero-order valence-corrected chi connectivity index (χ0v) is 17.9. The van der Waals surface area contributed by atoms with Gasteiger partial charge in [0, 0.05) is 45.5 Å². The van der Waals surface area contributed by atoms with Gasteiger partial charge in [-0.2, -0.15) is 0 Å². The first-order chi connectivity index (χ1) is 14.0. The maximum atomic E-state index is 12.2. The molecule has 2 heterocycles. The SMILES string of the molecule is CCOC(=O)c1ccc(N2CCCN(CC(=O)NCCCOC(C)C)CC2)nc1. The summed E-state index contributed by atoms with van der Waals surface area (Å²) in [7, 11) is 0. The van der Waals surface area contributed by atoms with Crippen molar-refractivity contribution in [1.29, 1.82) is 0 Å². The standard InChI is InChI=1S/C21H34N4O4/c1-4-28-21(27)18-7-8-19(23-15-18)25-11-6-10-24(12-13-25)16-20(26)22-9-5-14-29-17(2)3/h7-8,15,17H,4-6,9-14,16H2,1-3H3,(H,22,26). The fourth-order valence-corrected chi connectivity index (χ4v) is 3.14. The molecule has 1 amide bonds. The lowest BCUT2D eigenvalue weighted by atomic mass is 10.2. The van der Waals surface area contributed by atoms with Gasteiger partial charge < -0.3 is 19.7 Å². The number of carbonyl (C=O) groups is 2. The topological polar surface area (TPSA) is 84.0 Å². The number of hydrogen-bond donors (Lipinski definition) is 1. The second kappa shape index (κ2) is 12.4. The number of pyridine rings is 1. The Morgan fingerprint density at radius 1 is 1.21 bits per heavy atom. The first-order valence-electron chi connectivity index (χ1n) is 10.5. The normalized spacial score (nSPS) is 15.2. The molecule has 8 nitrogen and oxygen atoms in total. The monoisotopic (exact) mass is 406 g/mol. The third kappa shape index (κ3) is 8.37. The van der Waals surface area contributed by atoms with Gasteiger partial charge in [-0.3, -0.25) is 9.69 Å². The molecule has 1 aliphatic rings. The van der Waals surface area contributed by atoms with Gasteiger partial charge in [0.15, 0.2) is 0 Å². The smallest absolute Gasteiger partial charge is 0.339 e. The zero-order chi connectivity index (χ0) is 21.1. The van der Waals surface area contributed by atoms with Gasteiger partial charge in [-0.1, -0.05) is 0 Å². The summed E-state index contributed by atoms with van der Waals surface area (Å²) >= 11 is 0. The lowest BCUT2D eigenvalue weighted by molar-refractivity contribution is -0.122. The van der Waals surface area contributed by atoms with Crippen LogP contribution in [0.4, 0.5) is 5.82 Å². The van der Waals surface area contributed by atoms with Gasteiger partial charge in [-0.15, -0.1) is 0 Å². The summed E-state index contributed by atoms with van der Waals surface area (Å²) in [5.41, 5.74) is 0.461. The van der Waals surface area contributed by atoms with Crippen LogP contribution in [0.2, 0.25) is 0 Å². The van der Waals surface area contributed by atoms with Crippen LogP contribution >= 0.6 is 0 Å². The summed E-state index contributed by atoms with van der Waals surface area (Å²) in [6.45, 7) is 11.2. The Kier molecular flexibility index (Phi) is 9.87. The largest absolute Gasteiger partial charge is 0.462 e. The summed E-state index contributed by atoms with van der Waals surface area (Å²) in [6.07, 6.45) is 3.57. The van der Waals surface area contributed by atoms with Crippen LogP contribution in [0.5, 0.6) is 0 Å². The summed E-state index contributed by atoms with van der Waals surface area (Å²) in [4.78, 5) is 32.7. The second-order valence-electron chi connectivity index (χ2n) is 7.37. The van der Waals surface area contributed by atoms with Gasteiger partial charge in [-0.25, -0.2) is 9.78 Å². The number of rotatable bonds is 10. The molecule has 1 saturated heterocycles. The highest BCUT2D eigenvalue weighted by atomic mass is 16.5. The molecule has 0 spiro atoms. The molecule has 29 heavy (non-hydrogen) atoms. The number of ether oxygens (including phenoxy) is 2. The highest BCUT2D eigenvalue weighted by Gasteiger charge is 2.18. The number of carbonyl (C=O) groups excluding carboxylic acids is 2. The van der Waals surface area contributed by atoms with E-state index in [1.807, 2.05) is 19.9 Å². The predicted octanol–water partition coefficient (Wildman–Crippen LogP) is 1.70. The maximum absolute atomic E-state index is 12.2. The van der Waals surface area contributed by atoms with E-state index in [-0.39, 0.29) is 18.0 Å². The van der Waals surface area contributed by atoms with Crippen molar-refractivity contribution in [3.63, 3.8) is 0 Å². The van der Waals surface area contributed by atoms with Crippen molar-refractivity contribution in [3.8, 4) is 0 Å². The average Bonchev–Trinajstić information content (AvgIpc) is 2.93. The maximum Gasteiger partial charge on any atom is 0.339 e. The number of nitrogens with one attached hydrogen (secondary N) is 1. The molecule has 1 N–H and O–H groups in total. The van der Waals surface area contributed by atoms with E-state index >= 15 is 0 Å². The summed E-state index contributed by atoms with van der Waals surface area (Å²) in [5, 5.41) is 2.96. The molecule has 1 fully saturated rings. The van der Waals surface area contributed by atoms with Gasteiger partial charge in [-0.05, 0) is 45.7 Å². The van der Waals surface area contributed by atoms with E-state index in [2.05, 4.69) is 20.1 Å². The molecule has 0 unspecified atom stereocenters. The van der Waals surface area contributed by atoms with Crippen LogP contribution in [0, 0.1) is 0 Å². The molecule has 0 aromatic carbocycles. The zero-order valence-electron chi connectivity index (χ0n) is 17.9. The Hall–Kier alpha value is -2.19. The molecule has 0 radical (unpaired) electrons. The van der Waals surface area contributed by atoms with Crippen LogP contribution in [0.3, 0.4) is 0 Å². The lowest BCUT2D eigenvalue weighted by Crippen LogP contribution is -2.39. The Bertz CT molecular complexity index is 636. The highest BCUT2D eigenvalue weighted by Crippen LogP contribution is 2.15. The first kappa shape index (κ1) is 23.1. The molecule has 0 aliphatic carbocycles. The van der Waals surface area contributed by atoms with Crippen molar-refractivity contribution < 1.29 is 19.1 Å². The number of aromatic nitrogens is 1. The van der Waals surface area contributed by atoms with E-state index in [1.54, 1.807) is 19.2 Å². The molecule has 1 aliphatic heterocycles. The van der Waals surface area contributed by atoms with Crippen LogP contribution in [-0.2, 0) is 14.3 Å². The van der Waals surface area contributed by atoms with Crippen molar-refractivity contribution in [2.45, 2.75) is 39.7 Å². The second-order valence-corrected chi connectivity index (χ2v) is 7.37. The third-order valence-corrected chi connectivity index (χ3v) is 4.63. The molecule has 0 atom stereocenters. The van der Waals surface area contributed by atoms with Gasteiger partial charge in [0.25, 0.3) is 0 Å². The fraction of sp³-hybridized carbons (Fsp3) is 0.667. The van der Waals surface area contributed by atoms with Crippen LogP contribution in [-0.4, -0.2) is 80.3 Å². The summed E-state index contributed by atoms with van der Waals surface area (Å²) in [6, 6.07) is 3.60. The molecular formula is C21H34N4O4. The molecule has 162 valence electrons. The van der Waals surface area contributed by atoms with E-state index in [0.29, 0.717) is 31.9 Å². The minimum Gasteiger partial charge on any atom is -0.462 e. The molecular weight excluding hydrogens is 372 g/mol. The first-order valence-corrected chi connectivity index (χ1v) is 10.5. The minimum atomic E-state index is -0.352. The number of amides is 1. The minimum absolute atomic E-state index is 0.0555. The Morgan fingerprint density at radius 3 is 2.72 bits per heavy atom. The van der Waals surface area contributed by atoms with E-state index in [9.17, 15) is 9.59 Å². The van der Waals surface area contributed by atoms with Crippen LogP contribution in [0.25, 0.3) is 0 Å². The van der Waals surface area contributed by atoms with Crippen molar-refractivity contribution >= 4 is 17.7 Å². The molecule has 1 aromatic heterocycles. The highest BCUT2D eigenvalue weighted by molar-refractivity contribution is 5.89. The van der Waals surface area contributed by atoms with Gasteiger partial charge >= 0.3 is 5.97 Å². The van der Waals surface area contributed by atoms with E-state index in [4.69, 9.17) is 9.47 Å². The Labute approximate surface area is 173 Å². The van der Waals surface area contributed by atoms with Crippen LogP contribution in [0.1, 0.15) is 44.0 Å². The molecule has 2 rings (SSSR count). The van der Waals surface area contributed by atoms with Gasteiger partial charge in [0.2, 0.25) is 5.91 Å². The number of nitrogens with zero attached hydrogens (tertiary/aromatic N) is 3. The van der Waals surface area contributed by atoms with Crippen molar-refractivity contribution in [2.75, 3.05) is 57.4 Å². The summed E-state index contributed by atoms with van der Waals surface area (Å²) < 4.78 is 10.5. The Balaban J connectivity index is 1.74. The van der Waals surface area contributed by atoms with Gasteiger partial charge in [0.1, 0.15) is 5.82 Å². The number of anilines is 1. The fourth-order valence-electron chi connectivity index (χ4n) is 3.14. The van der Waals surface area contributed by atoms with Gasteiger partial charge in [0.05, 0.1) is 24.8 Å². The lowest BCUT2D eigenvalue weighted by Gasteiger charge is -2.22. The van der Waals surface area contributed by atoms with Crippen molar-refractivity contribution in [1.82, 2.24) is 15.2 Å². The van der Waals surface area contributed by atoms with E-state index < -0.39 is 0 Å². The van der Waals surface area contributed by atoms with Crippen molar-refractivity contribution in [2.24, 2.45) is 0 Å². The number of hydrogen-bond acceptors (Lipinski definition) is 7. The average molecular weight is 407 g/mol. The van der Waals surface area contributed by atoms with Crippen LogP contribution in [0.15, 0.2) is 18.3 Å². The quantitative estimate of drug-likeness (QED) is 0.468. The Morgan fingerprint density at radius 2 is 2.03 bits per heavy atom. The number of esters is 1. The third-order valence-electron chi connectivity index (χ3n) is 4.63. The van der Waals surface area contributed by atoms with Crippen LogP contribution < -0.4 is 10.2 Å². The molecule has 0 saturated carbocycles. The van der Waals surface area contributed by atoms with E-state index in [0.717, 1.165) is 44.8 Å². The molecule has 8 heteroatoms. The summed E-state index contributed by atoms with van der Waals surface area (Å²) in [5.74, 6) is 0.546. The molecule has 1 aromatic rings. The van der Waals surface area contributed by atoms with Crippen molar-refractivity contribution in [3.05, 3.63) is 23.9 Å². The van der Waals surface area contributed by atoms with E-state index in [1.165, 1.54) is 0 Å². The predicted molar refractivity (Wildman–Crippen MR) is 112 cm³/mol. The molecule has 0 bridgehead atoms.